The van der Waals surface area contributed by atoms with Gasteiger partial charge in [-0.25, -0.2) is 0 Å². The number of methoxy groups -OCH3 is 1. The third-order valence-corrected chi connectivity index (χ3v) is 4.14. The van der Waals surface area contributed by atoms with Crippen molar-refractivity contribution >= 4 is 35.8 Å². The van der Waals surface area contributed by atoms with Crippen molar-refractivity contribution in [3.63, 3.8) is 0 Å². The minimum Gasteiger partial charge on any atom is -0.497 e. The van der Waals surface area contributed by atoms with Gasteiger partial charge in [-0.15, -0.1) is 24.0 Å². The second kappa shape index (κ2) is 14.5. The lowest BCUT2D eigenvalue weighted by Crippen LogP contribution is -2.42. The number of halogens is 1. The summed E-state index contributed by atoms with van der Waals surface area (Å²) in [4.78, 5) is 16.1. The zero-order chi connectivity index (χ0) is 20.9. The average molecular weight is 526 g/mol. The van der Waals surface area contributed by atoms with Crippen LogP contribution in [0.5, 0.6) is 11.5 Å². The van der Waals surface area contributed by atoms with E-state index in [4.69, 9.17) is 9.47 Å². The van der Waals surface area contributed by atoms with Crippen molar-refractivity contribution in [2.45, 2.75) is 26.0 Å². The van der Waals surface area contributed by atoms with Gasteiger partial charge in [-0.1, -0.05) is 36.4 Å². The van der Waals surface area contributed by atoms with Gasteiger partial charge in [0, 0.05) is 32.6 Å². The van der Waals surface area contributed by atoms with E-state index >= 15 is 0 Å². The second-order valence-electron chi connectivity index (χ2n) is 6.50. The van der Waals surface area contributed by atoms with Gasteiger partial charge >= 0.3 is 0 Å². The number of ether oxygens (including phenoxy) is 2. The van der Waals surface area contributed by atoms with Gasteiger partial charge in [0.1, 0.15) is 17.6 Å². The van der Waals surface area contributed by atoms with Gasteiger partial charge in [0.2, 0.25) is 5.91 Å². The Balaban J connectivity index is 0.00000450. The van der Waals surface area contributed by atoms with E-state index in [2.05, 4.69) is 20.9 Å². The van der Waals surface area contributed by atoms with Crippen LogP contribution in [-0.2, 0) is 11.3 Å². The Kier molecular flexibility index (Phi) is 12.3. The first-order chi connectivity index (χ1) is 14.1. The van der Waals surface area contributed by atoms with Crippen molar-refractivity contribution in [2.24, 2.45) is 4.99 Å². The Hall–Kier alpha value is -2.49. The highest BCUT2D eigenvalue weighted by atomic mass is 127. The zero-order valence-electron chi connectivity index (χ0n) is 17.7. The van der Waals surface area contributed by atoms with E-state index in [9.17, 15) is 4.79 Å². The molecule has 0 radical (unpaired) electrons. The maximum Gasteiger partial charge on any atom is 0.222 e. The van der Waals surface area contributed by atoms with E-state index in [0.717, 1.165) is 17.1 Å². The molecular weight excluding hydrogens is 495 g/mol. The molecule has 2 rings (SSSR count). The fourth-order valence-electron chi connectivity index (χ4n) is 2.59. The smallest absolute Gasteiger partial charge is 0.222 e. The third kappa shape index (κ3) is 9.82. The fourth-order valence-corrected chi connectivity index (χ4v) is 2.59. The molecule has 0 saturated carbocycles. The minimum absolute atomic E-state index is 0. The van der Waals surface area contributed by atoms with Gasteiger partial charge in [0.15, 0.2) is 5.96 Å². The van der Waals surface area contributed by atoms with Crippen LogP contribution in [0.1, 0.15) is 18.9 Å². The summed E-state index contributed by atoms with van der Waals surface area (Å²) in [5.41, 5.74) is 1.08. The van der Waals surface area contributed by atoms with E-state index in [0.29, 0.717) is 32.0 Å². The Bertz CT molecular complexity index is 787. The van der Waals surface area contributed by atoms with Crippen molar-refractivity contribution in [3.8, 4) is 11.5 Å². The van der Waals surface area contributed by atoms with Crippen molar-refractivity contribution in [1.82, 2.24) is 16.0 Å². The maximum absolute atomic E-state index is 12.0. The van der Waals surface area contributed by atoms with Crippen LogP contribution in [0.15, 0.2) is 59.6 Å². The molecule has 8 heteroatoms. The fraction of sp³-hybridized carbons (Fsp3) is 0.364. The predicted molar refractivity (Wildman–Crippen MR) is 131 cm³/mol. The van der Waals surface area contributed by atoms with Crippen LogP contribution in [-0.4, -0.2) is 45.2 Å². The normalized spacial score (nSPS) is 11.6. The monoisotopic (exact) mass is 526 g/mol. The lowest BCUT2D eigenvalue weighted by atomic mass is 10.2. The maximum atomic E-state index is 12.0. The summed E-state index contributed by atoms with van der Waals surface area (Å²) in [6.07, 6.45) is 0.290. The highest BCUT2D eigenvalue weighted by Crippen LogP contribution is 2.19. The molecule has 164 valence electrons. The number of hydrogen-bond acceptors (Lipinski definition) is 4. The number of benzene rings is 2. The highest BCUT2D eigenvalue weighted by Gasteiger charge is 2.07. The number of hydrogen-bond donors (Lipinski definition) is 3. The van der Waals surface area contributed by atoms with Crippen LogP contribution >= 0.6 is 24.0 Å². The molecule has 0 aliphatic heterocycles. The van der Waals surface area contributed by atoms with E-state index in [-0.39, 0.29) is 36.0 Å². The molecule has 1 unspecified atom stereocenters. The summed E-state index contributed by atoms with van der Waals surface area (Å²) < 4.78 is 11.1. The number of carbonyl (C=O) groups excluding carboxylic acids is 1. The molecule has 3 N–H and O–H groups in total. The number of guanidine groups is 1. The number of carbonyl (C=O) groups is 1. The largest absolute Gasteiger partial charge is 0.497 e. The van der Waals surface area contributed by atoms with E-state index < -0.39 is 0 Å². The zero-order valence-corrected chi connectivity index (χ0v) is 20.0. The van der Waals surface area contributed by atoms with Crippen LogP contribution in [0, 0.1) is 0 Å². The summed E-state index contributed by atoms with van der Waals surface area (Å²) in [5.74, 6) is 2.12. The predicted octanol–water partition coefficient (Wildman–Crippen LogP) is 2.95. The standard InChI is InChI=1S/C22H30N4O3.HI/c1-17(29-20-11-7-10-19(14-20)28-3)15-26-22(23-2)24-13-12-21(27)25-16-18-8-5-4-6-9-18;/h4-11,14,17H,12-13,15-16H2,1-3H3,(H,25,27)(H2,23,24,26);1H. The van der Waals surface area contributed by atoms with Gasteiger partial charge in [0.05, 0.1) is 13.7 Å². The lowest BCUT2D eigenvalue weighted by molar-refractivity contribution is -0.121. The summed E-state index contributed by atoms with van der Waals surface area (Å²) in [5, 5.41) is 9.25. The Morgan fingerprint density at radius 1 is 1.03 bits per heavy atom. The summed E-state index contributed by atoms with van der Waals surface area (Å²) >= 11 is 0. The SMILES string of the molecule is CN=C(NCCC(=O)NCc1ccccc1)NCC(C)Oc1cccc(OC)c1.I. The molecule has 1 amide bonds. The average Bonchev–Trinajstić information content (AvgIpc) is 2.75. The van der Waals surface area contributed by atoms with Gasteiger partial charge in [-0.2, -0.15) is 0 Å². The van der Waals surface area contributed by atoms with Crippen molar-refractivity contribution in [1.29, 1.82) is 0 Å². The molecule has 0 aliphatic rings. The molecule has 2 aromatic carbocycles. The molecule has 0 spiro atoms. The number of aliphatic imine (C=N–C) groups is 1. The van der Waals surface area contributed by atoms with E-state index in [1.54, 1.807) is 14.2 Å². The van der Waals surface area contributed by atoms with Crippen LogP contribution in [0.2, 0.25) is 0 Å². The lowest BCUT2D eigenvalue weighted by Gasteiger charge is -2.18. The Labute approximate surface area is 195 Å². The molecule has 0 bridgehead atoms. The van der Waals surface area contributed by atoms with Gasteiger partial charge < -0.3 is 25.4 Å². The molecule has 0 fully saturated rings. The van der Waals surface area contributed by atoms with Gasteiger partial charge in [-0.05, 0) is 24.6 Å². The van der Waals surface area contributed by atoms with Crippen molar-refractivity contribution in [2.75, 3.05) is 27.2 Å². The molecule has 0 saturated heterocycles. The molecule has 0 aliphatic carbocycles. The van der Waals surface area contributed by atoms with Crippen LogP contribution in [0.3, 0.4) is 0 Å². The third-order valence-electron chi connectivity index (χ3n) is 4.14. The highest BCUT2D eigenvalue weighted by molar-refractivity contribution is 14.0. The molecular formula is C22H31IN4O3. The Morgan fingerprint density at radius 2 is 1.77 bits per heavy atom. The molecule has 0 heterocycles. The quantitative estimate of drug-likeness (QED) is 0.252. The number of nitrogens with zero attached hydrogens (tertiary/aromatic N) is 1. The molecule has 7 nitrogen and oxygen atoms in total. The minimum atomic E-state index is -0.0742. The van der Waals surface area contributed by atoms with Crippen LogP contribution in [0.4, 0.5) is 0 Å². The van der Waals surface area contributed by atoms with Crippen LogP contribution < -0.4 is 25.4 Å². The van der Waals surface area contributed by atoms with Gasteiger partial charge in [-0.3, -0.25) is 9.79 Å². The van der Waals surface area contributed by atoms with Crippen molar-refractivity contribution in [3.05, 3.63) is 60.2 Å². The Morgan fingerprint density at radius 3 is 2.47 bits per heavy atom. The summed E-state index contributed by atoms with van der Waals surface area (Å²) in [6, 6.07) is 17.3. The van der Waals surface area contributed by atoms with Crippen LogP contribution in [0.25, 0.3) is 0 Å². The second-order valence-corrected chi connectivity index (χ2v) is 6.50. The molecule has 1 atom stereocenters. The molecule has 2 aromatic rings. The first-order valence-electron chi connectivity index (χ1n) is 9.66. The van der Waals surface area contributed by atoms with E-state index in [1.807, 2.05) is 61.5 Å². The summed E-state index contributed by atoms with van der Waals surface area (Å²) in [6.45, 7) is 3.56. The summed E-state index contributed by atoms with van der Waals surface area (Å²) in [7, 11) is 3.32. The van der Waals surface area contributed by atoms with Gasteiger partial charge in [0.25, 0.3) is 0 Å². The molecule has 30 heavy (non-hydrogen) atoms. The van der Waals surface area contributed by atoms with E-state index in [1.165, 1.54) is 0 Å². The topological polar surface area (TPSA) is 84.0 Å². The number of rotatable bonds is 10. The van der Waals surface area contributed by atoms with Crippen molar-refractivity contribution < 1.29 is 14.3 Å². The number of amides is 1. The number of nitrogens with one attached hydrogen (secondary N) is 3. The first kappa shape index (κ1) is 25.5. The first-order valence-corrected chi connectivity index (χ1v) is 9.66. The molecule has 0 aromatic heterocycles.